The lowest BCUT2D eigenvalue weighted by atomic mass is 9.79. The van der Waals surface area contributed by atoms with E-state index >= 15 is 0 Å². The maximum absolute atomic E-state index is 12.3. The van der Waals surface area contributed by atoms with Crippen molar-refractivity contribution in [3.05, 3.63) is 10.6 Å². The van der Waals surface area contributed by atoms with Gasteiger partial charge in [-0.1, -0.05) is 6.92 Å². The molecule has 1 unspecified atom stereocenters. The van der Waals surface area contributed by atoms with Gasteiger partial charge in [0.05, 0.1) is 23.3 Å². The van der Waals surface area contributed by atoms with Crippen LogP contribution in [0.3, 0.4) is 0 Å². The molecule has 1 amide bonds. The Bertz CT molecular complexity index is 815. The predicted octanol–water partition coefficient (Wildman–Crippen LogP) is -2.28. The normalized spacial score (nSPS) is 36.5. The molecule has 158 valence electrons. The molecule has 0 aromatic heterocycles. The molecular weight excluding hydrogens is 412 g/mol. The lowest BCUT2D eigenvalue weighted by Crippen LogP contribution is -2.63. The number of β-lactam (4-membered cyclic amide) rings is 1. The molecular formula is C15H24N4O7S2. The summed E-state index contributed by atoms with van der Waals surface area (Å²) >= 11 is 1.17. The van der Waals surface area contributed by atoms with Gasteiger partial charge in [-0.2, -0.15) is 8.42 Å². The van der Waals surface area contributed by atoms with E-state index in [4.69, 9.17) is 5.14 Å². The van der Waals surface area contributed by atoms with Crippen LogP contribution < -0.4 is 15.2 Å². The standard InChI is InChI=1S/C15H24N4O7S2/c1-5-10-9(6(2)20)14(22)19(10)11(15(23)24)12(5)27-8-3-7(18-13(8)21)4-17-28(16,25)26/h5-10,13,17-18,20-21H,3-4H2,1-2H3,(H,23,24)(H2,16,25,26)/t5-,6-,7+,8+,9-,10-,13?/m1/s1. The number of rotatable bonds is 7. The van der Waals surface area contributed by atoms with Crippen LogP contribution in [0.4, 0.5) is 0 Å². The van der Waals surface area contributed by atoms with Crippen molar-refractivity contribution in [2.75, 3.05) is 6.54 Å². The zero-order valence-corrected chi connectivity index (χ0v) is 16.9. The Balaban J connectivity index is 1.76. The van der Waals surface area contributed by atoms with E-state index in [0.717, 1.165) is 0 Å². The molecule has 0 bridgehead atoms. The monoisotopic (exact) mass is 436 g/mol. The van der Waals surface area contributed by atoms with E-state index in [1.807, 2.05) is 0 Å². The third-order valence-corrected chi connectivity index (χ3v) is 7.54. The highest BCUT2D eigenvalue weighted by atomic mass is 32.2. The number of carboxylic acid groups (broad SMARTS) is 1. The zero-order chi connectivity index (χ0) is 21.0. The minimum Gasteiger partial charge on any atom is -0.477 e. The minimum absolute atomic E-state index is 0.00925. The highest BCUT2D eigenvalue weighted by Gasteiger charge is 2.60. The maximum Gasteiger partial charge on any atom is 0.353 e. The maximum atomic E-state index is 12.3. The summed E-state index contributed by atoms with van der Waals surface area (Å²) in [7, 11) is -3.86. The largest absolute Gasteiger partial charge is 0.477 e. The first-order valence-corrected chi connectivity index (χ1v) is 11.2. The number of nitrogens with two attached hydrogens (primary N) is 1. The van der Waals surface area contributed by atoms with Gasteiger partial charge in [-0.25, -0.2) is 14.7 Å². The molecule has 0 aromatic carbocycles. The molecule has 28 heavy (non-hydrogen) atoms. The van der Waals surface area contributed by atoms with Crippen LogP contribution >= 0.6 is 11.8 Å². The first-order chi connectivity index (χ1) is 12.9. The molecule has 3 aliphatic heterocycles. The number of carbonyl (C=O) groups excluding carboxylic acids is 1. The van der Waals surface area contributed by atoms with Gasteiger partial charge in [0.2, 0.25) is 5.91 Å². The number of carboxylic acids is 1. The third-order valence-electron chi connectivity index (χ3n) is 5.40. The molecule has 3 aliphatic rings. The van der Waals surface area contributed by atoms with Crippen LogP contribution in [0.15, 0.2) is 10.6 Å². The molecule has 0 aliphatic carbocycles. The number of aliphatic carboxylic acids is 1. The summed E-state index contributed by atoms with van der Waals surface area (Å²) in [4.78, 5) is 25.8. The third kappa shape index (κ3) is 3.79. The van der Waals surface area contributed by atoms with E-state index in [2.05, 4.69) is 10.0 Å². The predicted molar refractivity (Wildman–Crippen MR) is 99.7 cm³/mol. The average Bonchev–Trinajstić information content (AvgIpc) is 3.02. The lowest BCUT2D eigenvalue weighted by Gasteiger charge is -2.46. The van der Waals surface area contributed by atoms with Crippen LogP contribution in [0.5, 0.6) is 0 Å². The molecule has 0 saturated carbocycles. The summed E-state index contributed by atoms with van der Waals surface area (Å²) in [6.45, 7) is 3.29. The van der Waals surface area contributed by atoms with Crippen molar-refractivity contribution >= 4 is 33.8 Å². The Morgan fingerprint density at radius 1 is 1.50 bits per heavy atom. The van der Waals surface area contributed by atoms with Gasteiger partial charge in [0.25, 0.3) is 10.2 Å². The fourth-order valence-corrected chi connectivity index (χ4v) is 6.09. The van der Waals surface area contributed by atoms with Gasteiger partial charge >= 0.3 is 5.97 Å². The van der Waals surface area contributed by atoms with Crippen molar-refractivity contribution in [3.8, 4) is 0 Å². The van der Waals surface area contributed by atoms with Gasteiger partial charge in [-0.15, -0.1) is 11.8 Å². The summed E-state index contributed by atoms with van der Waals surface area (Å²) < 4.78 is 24.2. The SMILES string of the molecule is C[C@@H](O)[C@H]1C(=O)N2C(C(=O)O)=C(S[C@H]3C[C@@H](CNS(N)(=O)=O)NC3O)[C@H](C)[C@H]12. The summed E-state index contributed by atoms with van der Waals surface area (Å²) in [6, 6.07) is -0.798. The van der Waals surface area contributed by atoms with Crippen LogP contribution in [0, 0.1) is 11.8 Å². The number of carbonyl (C=O) groups is 2. The first-order valence-electron chi connectivity index (χ1n) is 8.79. The highest BCUT2D eigenvalue weighted by molar-refractivity contribution is 8.03. The summed E-state index contributed by atoms with van der Waals surface area (Å²) in [5.74, 6) is -2.61. The first kappa shape index (κ1) is 21.5. The molecule has 0 radical (unpaired) electrons. The zero-order valence-electron chi connectivity index (χ0n) is 15.3. The number of nitrogens with zero attached hydrogens (tertiary/aromatic N) is 1. The fraction of sp³-hybridized carbons (Fsp3) is 0.733. The van der Waals surface area contributed by atoms with E-state index in [1.54, 1.807) is 6.92 Å². The Kier molecular flexibility index (Phi) is 5.80. The molecule has 11 nitrogen and oxygen atoms in total. The van der Waals surface area contributed by atoms with E-state index in [-0.39, 0.29) is 24.2 Å². The molecule has 0 spiro atoms. The molecule has 2 saturated heterocycles. The molecule has 3 rings (SSSR count). The average molecular weight is 437 g/mol. The molecule has 7 atom stereocenters. The number of aliphatic hydroxyl groups is 2. The Morgan fingerprint density at radius 3 is 2.68 bits per heavy atom. The molecule has 3 heterocycles. The van der Waals surface area contributed by atoms with Crippen LogP contribution in [-0.2, 0) is 19.8 Å². The van der Waals surface area contributed by atoms with E-state index in [9.17, 15) is 33.3 Å². The molecule has 2 fully saturated rings. The molecule has 13 heteroatoms. The number of amides is 1. The van der Waals surface area contributed by atoms with Crippen molar-refractivity contribution in [1.29, 1.82) is 0 Å². The van der Waals surface area contributed by atoms with Crippen molar-refractivity contribution in [2.24, 2.45) is 17.0 Å². The molecule has 0 aromatic rings. The second kappa shape index (κ2) is 7.55. The van der Waals surface area contributed by atoms with Crippen LogP contribution in [0.25, 0.3) is 0 Å². The summed E-state index contributed by atoms with van der Waals surface area (Å²) in [6.07, 6.45) is -1.50. The fourth-order valence-electron chi connectivity index (χ4n) is 4.14. The van der Waals surface area contributed by atoms with E-state index in [1.165, 1.54) is 23.6 Å². The van der Waals surface area contributed by atoms with Gasteiger partial charge in [0.15, 0.2) is 0 Å². The van der Waals surface area contributed by atoms with E-state index < -0.39 is 51.6 Å². The summed E-state index contributed by atoms with van der Waals surface area (Å²) in [5, 5.41) is 37.1. The number of thioether (sulfide) groups is 1. The van der Waals surface area contributed by atoms with Crippen molar-refractivity contribution < 1.29 is 33.3 Å². The van der Waals surface area contributed by atoms with Gasteiger partial charge in [-0.05, 0) is 13.3 Å². The Morgan fingerprint density at radius 2 is 2.14 bits per heavy atom. The molecule has 7 N–H and O–H groups in total. The topological polar surface area (TPSA) is 182 Å². The number of nitrogens with one attached hydrogen (secondary N) is 2. The minimum atomic E-state index is -3.86. The van der Waals surface area contributed by atoms with Crippen molar-refractivity contribution in [1.82, 2.24) is 14.9 Å². The van der Waals surface area contributed by atoms with Crippen molar-refractivity contribution in [3.63, 3.8) is 0 Å². The number of aliphatic hydroxyl groups excluding tert-OH is 2. The Hall–Kier alpha value is -1.22. The highest BCUT2D eigenvalue weighted by Crippen LogP contribution is 2.52. The Labute approximate surface area is 166 Å². The van der Waals surface area contributed by atoms with E-state index in [0.29, 0.717) is 11.3 Å². The summed E-state index contributed by atoms with van der Waals surface area (Å²) in [5.41, 5.74) is -0.109. The van der Waals surface area contributed by atoms with Crippen LogP contribution in [0.1, 0.15) is 20.3 Å². The van der Waals surface area contributed by atoms with Gasteiger partial charge < -0.3 is 20.2 Å². The van der Waals surface area contributed by atoms with Crippen molar-refractivity contribution in [2.45, 2.75) is 49.9 Å². The second-order valence-corrected chi connectivity index (χ2v) is 10.0. The number of fused-ring (bicyclic) bond motifs is 1. The van der Waals surface area contributed by atoms with Gasteiger partial charge in [-0.3, -0.25) is 10.1 Å². The number of hydrogen-bond acceptors (Lipinski definition) is 8. The second-order valence-electron chi connectivity index (χ2n) is 7.37. The quantitative estimate of drug-likeness (QED) is 0.239. The van der Waals surface area contributed by atoms with Crippen LogP contribution in [-0.4, -0.2) is 76.7 Å². The van der Waals surface area contributed by atoms with Gasteiger partial charge in [0, 0.05) is 23.4 Å². The van der Waals surface area contributed by atoms with Crippen LogP contribution in [0.2, 0.25) is 0 Å². The lowest BCUT2D eigenvalue weighted by molar-refractivity contribution is -0.163. The smallest absolute Gasteiger partial charge is 0.353 e. The number of hydrogen-bond donors (Lipinski definition) is 6. The van der Waals surface area contributed by atoms with Gasteiger partial charge in [0.1, 0.15) is 11.9 Å².